The number of carboxylic acid groups (broad SMARTS) is 1. The fourth-order valence-electron chi connectivity index (χ4n) is 1.34. The van der Waals surface area contributed by atoms with E-state index in [1.54, 1.807) is 6.92 Å². The highest BCUT2D eigenvalue weighted by molar-refractivity contribution is 5.89. The molecule has 0 aliphatic carbocycles. The minimum atomic E-state index is -1.08. The van der Waals surface area contributed by atoms with E-state index in [0.717, 1.165) is 6.42 Å². The Bertz CT molecular complexity index is 274. The van der Waals surface area contributed by atoms with E-state index in [1.165, 1.54) is 6.08 Å². The van der Waals surface area contributed by atoms with Gasteiger partial charge in [0, 0.05) is 0 Å². The summed E-state index contributed by atoms with van der Waals surface area (Å²) in [4.78, 5) is 22.5. The van der Waals surface area contributed by atoms with Crippen molar-refractivity contribution in [3.05, 3.63) is 12.7 Å². The van der Waals surface area contributed by atoms with Crippen LogP contribution < -0.4 is 11.1 Å². The molecule has 0 aromatic rings. The van der Waals surface area contributed by atoms with Crippen LogP contribution in [0.5, 0.6) is 0 Å². The number of nitrogens with one attached hydrogen (secondary N) is 1. The predicted molar refractivity (Wildman–Crippen MR) is 61.9 cm³/mol. The molecule has 2 unspecified atom stereocenters. The first-order chi connectivity index (χ1) is 7.35. The number of amides is 1. The van der Waals surface area contributed by atoms with Crippen LogP contribution in [-0.4, -0.2) is 28.6 Å². The van der Waals surface area contributed by atoms with Gasteiger partial charge < -0.3 is 16.2 Å². The molecule has 0 fully saturated rings. The molecule has 1 amide bonds. The quantitative estimate of drug-likeness (QED) is 0.558. The van der Waals surface area contributed by atoms with E-state index in [0.29, 0.717) is 6.42 Å². The minimum absolute atomic E-state index is 0.184. The van der Waals surface area contributed by atoms with Gasteiger partial charge in [-0.1, -0.05) is 19.4 Å². The molecule has 0 rings (SSSR count). The number of carbonyl (C=O) groups is 2. The maximum atomic E-state index is 11.7. The maximum absolute atomic E-state index is 11.7. The molecule has 0 aromatic carbocycles. The van der Waals surface area contributed by atoms with Gasteiger partial charge in [0.05, 0.1) is 5.54 Å². The van der Waals surface area contributed by atoms with E-state index < -0.39 is 23.5 Å². The van der Waals surface area contributed by atoms with Gasteiger partial charge >= 0.3 is 5.97 Å². The van der Waals surface area contributed by atoms with Crippen molar-refractivity contribution < 1.29 is 14.7 Å². The van der Waals surface area contributed by atoms with Gasteiger partial charge in [-0.2, -0.15) is 0 Å². The SMILES string of the molecule is C=CCC(NC(=O)C(C)(N)CCC)C(=O)O. The second-order valence-electron chi connectivity index (χ2n) is 4.06. The van der Waals surface area contributed by atoms with E-state index in [2.05, 4.69) is 11.9 Å². The first-order valence-electron chi connectivity index (χ1n) is 5.28. The first-order valence-corrected chi connectivity index (χ1v) is 5.28. The zero-order chi connectivity index (χ0) is 12.8. The van der Waals surface area contributed by atoms with Crippen LogP contribution in [0.1, 0.15) is 33.1 Å². The molecule has 92 valence electrons. The Balaban J connectivity index is 4.50. The summed E-state index contributed by atoms with van der Waals surface area (Å²) in [6.45, 7) is 6.95. The van der Waals surface area contributed by atoms with Gasteiger partial charge in [0.1, 0.15) is 6.04 Å². The number of carbonyl (C=O) groups excluding carboxylic acids is 1. The largest absolute Gasteiger partial charge is 0.480 e. The van der Waals surface area contributed by atoms with Crippen molar-refractivity contribution >= 4 is 11.9 Å². The normalized spacial score (nSPS) is 15.9. The van der Waals surface area contributed by atoms with Crippen molar-refractivity contribution in [1.82, 2.24) is 5.32 Å². The molecule has 0 aliphatic rings. The average molecular weight is 228 g/mol. The molecule has 0 aliphatic heterocycles. The van der Waals surface area contributed by atoms with Crippen molar-refractivity contribution in [1.29, 1.82) is 0 Å². The van der Waals surface area contributed by atoms with Gasteiger partial charge in [-0.05, 0) is 19.8 Å². The van der Waals surface area contributed by atoms with E-state index in [4.69, 9.17) is 10.8 Å². The molecule has 0 spiro atoms. The Labute approximate surface area is 95.7 Å². The lowest BCUT2D eigenvalue weighted by atomic mass is 9.96. The number of aliphatic carboxylic acids is 1. The second-order valence-corrected chi connectivity index (χ2v) is 4.06. The summed E-state index contributed by atoms with van der Waals surface area (Å²) in [5.74, 6) is -1.52. The van der Waals surface area contributed by atoms with Crippen LogP contribution in [0.4, 0.5) is 0 Å². The summed E-state index contributed by atoms with van der Waals surface area (Å²) < 4.78 is 0. The fourth-order valence-corrected chi connectivity index (χ4v) is 1.34. The van der Waals surface area contributed by atoms with Gasteiger partial charge in [0.2, 0.25) is 5.91 Å². The third kappa shape index (κ3) is 4.44. The molecule has 0 heterocycles. The van der Waals surface area contributed by atoms with E-state index in [9.17, 15) is 9.59 Å². The highest BCUT2D eigenvalue weighted by atomic mass is 16.4. The number of nitrogens with two attached hydrogens (primary N) is 1. The number of hydrogen-bond donors (Lipinski definition) is 3. The molecule has 5 nitrogen and oxygen atoms in total. The highest BCUT2D eigenvalue weighted by Gasteiger charge is 2.30. The Morgan fingerprint density at radius 3 is 2.56 bits per heavy atom. The molecule has 0 saturated heterocycles. The predicted octanol–water partition coefficient (Wildman–Crippen LogP) is 0.649. The van der Waals surface area contributed by atoms with Crippen LogP contribution in [0.3, 0.4) is 0 Å². The van der Waals surface area contributed by atoms with Crippen LogP contribution in [0.2, 0.25) is 0 Å². The summed E-state index contributed by atoms with van der Waals surface area (Å²) >= 11 is 0. The summed E-state index contributed by atoms with van der Waals surface area (Å²) in [6.07, 6.45) is 2.91. The topological polar surface area (TPSA) is 92.4 Å². The molecule has 16 heavy (non-hydrogen) atoms. The van der Waals surface area contributed by atoms with Gasteiger partial charge in [-0.3, -0.25) is 4.79 Å². The smallest absolute Gasteiger partial charge is 0.326 e. The van der Waals surface area contributed by atoms with Gasteiger partial charge in [-0.25, -0.2) is 4.79 Å². The third-order valence-corrected chi connectivity index (χ3v) is 2.29. The molecule has 5 heteroatoms. The van der Waals surface area contributed by atoms with Crippen molar-refractivity contribution in [3.8, 4) is 0 Å². The van der Waals surface area contributed by atoms with Crippen LogP contribution in [-0.2, 0) is 9.59 Å². The Morgan fingerprint density at radius 1 is 1.62 bits per heavy atom. The van der Waals surface area contributed by atoms with Crippen molar-refractivity contribution in [3.63, 3.8) is 0 Å². The van der Waals surface area contributed by atoms with Crippen LogP contribution >= 0.6 is 0 Å². The lowest BCUT2D eigenvalue weighted by Crippen LogP contribution is -2.55. The number of rotatable bonds is 7. The fraction of sp³-hybridized carbons (Fsp3) is 0.636. The molecule has 0 aromatic heterocycles. The van der Waals surface area contributed by atoms with Crippen molar-refractivity contribution in [2.24, 2.45) is 5.73 Å². The first kappa shape index (κ1) is 14.6. The third-order valence-electron chi connectivity index (χ3n) is 2.29. The average Bonchev–Trinajstić information content (AvgIpc) is 2.16. The molecule has 2 atom stereocenters. The summed E-state index contributed by atoms with van der Waals surface area (Å²) in [5.41, 5.74) is 4.76. The van der Waals surface area contributed by atoms with E-state index in [1.807, 2.05) is 6.92 Å². The summed E-state index contributed by atoms with van der Waals surface area (Å²) in [7, 11) is 0. The van der Waals surface area contributed by atoms with Crippen LogP contribution in [0.25, 0.3) is 0 Å². The van der Waals surface area contributed by atoms with E-state index in [-0.39, 0.29) is 6.42 Å². The van der Waals surface area contributed by atoms with E-state index >= 15 is 0 Å². The minimum Gasteiger partial charge on any atom is -0.480 e. The molecular weight excluding hydrogens is 208 g/mol. The monoisotopic (exact) mass is 228 g/mol. The second kappa shape index (κ2) is 6.27. The highest BCUT2D eigenvalue weighted by Crippen LogP contribution is 2.09. The lowest BCUT2D eigenvalue weighted by Gasteiger charge is -2.25. The van der Waals surface area contributed by atoms with Crippen LogP contribution in [0.15, 0.2) is 12.7 Å². The molecular formula is C11H20N2O3. The van der Waals surface area contributed by atoms with Gasteiger partial charge in [-0.15, -0.1) is 6.58 Å². The molecule has 4 N–H and O–H groups in total. The molecule has 0 bridgehead atoms. The zero-order valence-electron chi connectivity index (χ0n) is 9.82. The van der Waals surface area contributed by atoms with Gasteiger partial charge in [0.25, 0.3) is 0 Å². The Hall–Kier alpha value is -1.36. The number of carboxylic acids is 1. The Kier molecular flexibility index (Phi) is 5.74. The maximum Gasteiger partial charge on any atom is 0.326 e. The lowest BCUT2D eigenvalue weighted by molar-refractivity contribution is -0.142. The van der Waals surface area contributed by atoms with Crippen LogP contribution in [0, 0.1) is 0 Å². The summed E-state index contributed by atoms with van der Waals surface area (Å²) in [6, 6.07) is -0.954. The summed E-state index contributed by atoms with van der Waals surface area (Å²) in [5, 5.41) is 11.3. The molecule has 0 radical (unpaired) electrons. The standard InChI is InChI=1S/C11H20N2O3/c1-4-6-8(9(14)15)13-10(16)11(3,12)7-5-2/h4,8H,1,5-7,12H2,2-3H3,(H,13,16)(H,14,15). The zero-order valence-corrected chi connectivity index (χ0v) is 9.82. The van der Waals surface area contributed by atoms with Crippen molar-refractivity contribution in [2.75, 3.05) is 0 Å². The Morgan fingerprint density at radius 2 is 2.19 bits per heavy atom. The molecule has 0 saturated carbocycles. The number of hydrogen-bond acceptors (Lipinski definition) is 3. The van der Waals surface area contributed by atoms with Crippen molar-refractivity contribution in [2.45, 2.75) is 44.7 Å². The van der Waals surface area contributed by atoms with Gasteiger partial charge in [0.15, 0.2) is 0 Å².